The number of hydrogen-bond acceptors (Lipinski definition) is 2. The fraction of sp³-hybridized carbons (Fsp3) is 0.357. The van der Waals surface area contributed by atoms with Crippen molar-refractivity contribution >= 4 is 11.6 Å². The van der Waals surface area contributed by atoms with Crippen LogP contribution in [0.15, 0.2) is 24.3 Å². The Morgan fingerprint density at radius 3 is 2.78 bits per heavy atom. The van der Waals surface area contributed by atoms with Crippen molar-refractivity contribution in [2.75, 3.05) is 0 Å². The molecule has 0 aliphatic carbocycles. The van der Waals surface area contributed by atoms with Gasteiger partial charge < -0.3 is 4.74 Å². The van der Waals surface area contributed by atoms with Crippen LogP contribution in [-0.2, 0) is 13.2 Å². The standard InChI is InChI=1S/C14H17ClN2O/c1-4-17-13(14(15)11(3)16-17)9-18-12-7-5-6-10(2)8-12/h5-8H,4,9H2,1-3H3. The minimum Gasteiger partial charge on any atom is -0.487 e. The maximum absolute atomic E-state index is 6.23. The zero-order valence-corrected chi connectivity index (χ0v) is 11.7. The van der Waals surface area contributed by atoms with Crippen LogP contribution in [0.2, 0.25) is 5.02 Å². The molecule has 0 aliphatic heterocycles. The van der Waals surface area contributed by atoms with Gasteiger partial charge in [-0.25, -0.2) is 0 Å². The van der Waals surface area contributed by atoms with E-state index >= 15 is 0 Å². The van der Waals surface area contributed by atoms with Crippen molar-refractivity contribution in [3.63, 3.8) is 0 Å². The largest absolute Gasteiger partial charge is 0.487 e. The van der Waals surface area contributed by atoms with Gasteiger partial charge in [-0.15, -0.1) is 0 Å². The van der Waals surface area contributed by atoms with Crippen LogP contribution in [0.4, 0.5) is 0 Å². The molecule has 1 aromatic heterocycles. The molecule has 0 fully saturated rings. The van der Waals surface area contributed by atoms with Gasteiger partial charge in [0.05, 0.1) is 16.4 Å². The summed E-state index contributed by atoms with van der Waals surface area (Å²) in [7, 11) is 0. The Labute approximate surface area is 112 Å². The molecule has 0 aliphatic rings. The normalized spacial score (nSPS) is 10.7. The fourth-order valence-corrected chi connectivity index (χ4v) is 2.05. The molecule has 2 aromatic rings. The Morgan fingerprint density at radius 1 is 1.33 bits per heavy atom. The maximum Gasteiger partial charge on any atom is 0.131 e. The molecule has 0 saturated carbocycles. The first-order chi connectivity index (χ1) is 8.61. The van der Waals surface area contributed by atoms with Gasteiger partial charge in [0.1, 0.15) is 12.4 Å². The number of ether oxygens (including phenoxy) is 1. The predicted molar refractivity (Wildman–Crippen MR) is 73.2 cm³/mol. The smallest absolute Gasteiger partial charge is 0.131 e. The molecule has 0 amide bonds. The maximum atomic E-state index is 6.23. The van der Waals surface area contributed by atoms with E-state index in [0.29, 0.717) is 11.6 Å². The van der Waals surface area contributed by atoms with E-state index in [2.05, 4.69) is 5.10 Å². The Hall–Kier alpha value is -1.48. The summed E-state index contributed by atoms with van der Waals surface area (Å²) in [5.41, 5.74) is 2.96. The number of hydrogen-bond donors (Lipinski definition) is 0. The molecule has 1 aromatic carbocycles. The SMILES string of the molecule is CCn1nc(C)c(Cl)c1COc1cccc(C)c1. The van der Waals surface area contributed by atoms with Gasteiger partial charge in [-0.3, -0.25) is 4.68 Å². The van der Waals surface area contributed by atoms with Crippen molar-refractivity contribution in [3.05, 3.63) is 46.2 Å². The van der Waals surface area contributed by atoms with E-state index in [0.717, 1.165) is 23.7 Å². The minimum absolute atomic E-state index is 0.441. The Balaban J connectivity index is 2.15. The summed E-state index contributed by atoms with van der Waals surface area (Å²) in [5, 5.41) is 5.06. The monoisotopic (exact) mass is 264 g/mol. The highest BCUT2D eigenvalue weighted by Crippen LogP contribution is 2.22. The number of aryl methyl sites for hydroxylation is 3. The van der Waals surface area contributed by atoms with Gasteiger partial charge in [0, 0.05) is 6.54 Å². The minimum atomic E-state index is 0.441. The lowest BCUT2D eigenvalue weighted by Gasteiger charge is -2.08. The highest BCUT2D eigenvalue weighted by molar-refractivity contribution is 6.31. The Bertz CT molecular complexity index is 549. The summed E-state index contributed by atoms with van der Waals surface area (Å²) < 4.78 is 7.65. The average molecular weight is 265 g/mol. The Kier molecular flexibility index (Phi) is 3.92. The highest BCUT2D eigenvalue weighted by atomic mass is 35.5. The van der Waals surface area contributed by atoms with Crippen molar-refractivity contribution in [1.82, 2.24) is 9.78 Å². The topological polar surface area (TPSA) is 27.1 Å². The molecule has 18 heavy (non-hydrogen) atoms. The summed E-state index contributed by atoms with van der Waals surface area (Å²) in [5.74, 6) is 0.854. The second-order valence-electron chi connectivity index (χ2n) is 4.27. The van der Waals surface area contributed by atoms with Crippen LogP contribution < -0.4 is 4.74 Å². The summed E-state index contributed by atoms with van der Waals surface area (Å²) in [6.07, 6.45) is 0. The van der Waals surface area contributed by atoms with Crippen LogP contribution >= 0.6 is 11.6 Å². The molecule has 1 heterocycles. The number of benzene rings is 1. The van der Waals surface area contributed by atoms with Gasteiger partial charge in [0.2, 0.25) is 0 Å². The van der Waals surface area contributed by atoms with Gasteiger partial charge >= 0.3 is 0 Å². The van der Waals surface area contributed by atoms with E-state index in [1.165, 1.54) is 5.56 Å². The van der Waals surface area contributed by atoms with Gasteiger partial charge in [0.25, 0.3) is 0 Å². The first-order valence-electron chi connectivity index (χ1n) is 6.03. The van der Waals surface area contributed by atoms with Crippen LogP contribution in [-0.4, -0.2) is 9.78 Å². The zero-order chi connectivity index (χ0) is 13.1. The number of nitrogens with zero attached hydrogens (tertiary/aromatic N) is 2. The molecular weight excluding hydrogens is 248 g/mol. The van der Waals surface area contributed by atoms with E-state index in [-0.39, 0.29) is 0 Å². The van der Waals surface area contributed by atoms with Crippen LogP contribution in [0.3, 0.4) is 0 Å². The van der Waals surface area contributed by atoms with E-state index in [9.17, 15) is 0 Å². The third-order valence-corrected chi connectivity index (χ3v) is 3.31. The third-order valence-electron chi connectivity index (χ3n) is 2.82. The lowest BCUT2D eigenvalue weighted by Crippen LogP contribution is -2.06. The molecule has 0 bridgehead atoms. The summed E-state index contributed by atoms with van der Waals surface area (Å²) in [6, 6.07) is 7.97. The highest BCUT2D eigenvalue weighted by Gasteiger charge is 2.12. The molecule has 0 spiro atoms. The van der Waals surface area contributed by atoms with Crippen molar-refractivity contribution in [2.24, 2.45) is 0 Å². The number of rotatable bonds is 4. The quantitative estimate of drug-likeness (QED) is 0.841. The van der Waals surface area contributed by atoms with Crippen LogP contribution in [0.25, 0.3) is 0 Å². The molecule has 0 atom stereocenters. The second-order valence-corrected chi connectivity index (χ2v) is 4.64. The lowest BCUT2D eigenvalue weighted by molar-refractivity contribution is 0.292. The van der Waals surface area contributed by atoms with Crippen LogP contribution in [0, 0.1) is 13.8 Å². The summed E-state index contributed by atoms with van der Waals surface area (Å²) in [4.78, 5) is 0. The molecule has 2 rings (SSSR count). The van der Waals surface area contributed by atoms with Crippen molar-refractivity contribution in [1.29, 1.82) is 0 Å². The first-order valence-corrected chi connectivity index (χ1v) is 6.41. The molecule has 0 saturated heterocycles. The van der Waals surface area contributed by atoms with Gasteiger partial charge in [-0.05, 0) is 38.5 Å². The molecule has 0 unspecified atom stereocenters. The number of halogens is 1. The summed E-state index contributed by atoms with van der Waals surface area (Å²) in [6.45, 7) is 7.22. The van der Waals surface area contributed by atoms with E-state index in [1.807, 2.05) is 49.7 Å². The van der Waals surface area contributed by atoms with Crippen LogP contribution in [0.1, 0.15) is 23.9 Å². The zero-order valence-electron chi connectivity index (χ0n) is 10.9. The van der Waals surface area contributed by atoms with Crippen molar-refractivity contribution in [2.45, 2.75) is 33.9 Å². The van der Waals surface area contributed by atoms with Gasteiger partial charge in [-0.2, -0.15) is 5.10 Å². The molecule has 0 N–H and O–H groups in total. The van der Waals surface area contributed by atoms with Crippen LogP contribution in [0.5, 0.6) is 5.75 Å². The van der Waals surface area contributed by atoms with Crippen molar-refractivity contribution in [3.8, 4) is 5.75 Å². The third kappa shape index (κ3) is 2.67. The molecular formula is C14H17ClN2O. The molecule has 4 heteroatoms. The molecule has 96 valence electrons. The second kappa shape index (κ2) is 5.44. The van der Waals surface area contributed by atoms with E-state index < -0.39 is 0 Å². The fourth-order valence-electron chi connectivity index (χ4n) is 1.86. The lowest BCUT2D eigenvalue weighted by atomic mass is 10.2. The van der Waals surface area contributed by atoms with Gasteiger partial charge in [-0.1, -0.05) is 23.7 Å². The van der Waals surface area contributed by atoms with E-state index in [4.69, 9.17) is 16.3 Å². The Morgan fingerprint density at radius 2 is 2.11 bits per heavy atom. The molecule has 0 radical (unpaired) electrons. The molecule has 3 nitrogen and oxygen atoms in total. The average Bonchev–Trinajstić information content (AvgIpc) is 2.63. The van der Waals surface area contributed by atoms with E-state index in [1.54, 1.807) is 0 Å². The first kappa shape index (κ1) is 13.0. The summed E-state index contributed by atoms with van der Waals surface area (Å²) >= 11 is 6.23. The van der Waals surface area contributed by atoms with Gasteiger partial charge in [0.15, 0.2) is 0 Å². The van der Waals surface area contributed by atoms with Crippen molar-refractivity contribution < 1.29 is 4.74 Å². The predicted octanol–water partition coefficient (Wildman–Crippen LogP) is 3.75. The number of aromatic nitrogens is 2.